The number of rotatable bonds is 8. The van der Waals surface area contributed by atoms with Crippen LogP contribution in [0, 0.1) is 5.92 Å². The summed E-state index contributed by atoms with van der Waals surface area (Å²) in [7, 11) is 1.58. The highest BCUT2D eigenvalue weighted by Crippen LogP contribution is 2.17. The molecule has 1 aromatic carbocycles. The molecule has 7 heteroatoms. The van der Waals surface area contributed by atoms with Gasteiger partial charge in [-0.15, -0.1) is 12.4 Å². The summed E-state index contributed by atoms with van der Waals surface area (Å²) in [5, 5.41) is 6.12. The number of halogens is 1. The highest BCUT2D eigenvalue weighted by Gasteiger charge is 2.19. The van der Waals surface area contributed by atoms with Crippen LogP contribution in [-0.4, -0.2) is 50.0 Å². The maximum atomic E-state index is 12.3. The number of hydrogen-bond donors (Lipinski definition) is 2. The lowest BCUT2D eigenvalue weighted by Crippen LogP contribution is -2.38. The van der Waals surface area contributed by atoms with Gasteiger partial charge in [0.1, 0.15) is 5.75 Å². The van der Waals surface area contributed by atoms with Crippen LogP contribution in [-0.2, 0) is 9.59 Å². The van der Waals surface area contributed by atoms with E-state index in [4.69, 9.17) is 4.74 Å². The summed E-state index contributed by atoms with van der Waals surface area (Å²) in [6.45, 7) is 4.55. The van der Waals surface area contributed by atoms with E-state index in [0.717, 1.165) is 25.9 Å². The lowest BCUT2D eigenvalue weighted by Gasteiger charge is -2.21. The predicted molar refractivity (Wildman–Crippen MR) is 101 cm³/mol. The van der Waals surface area contributed by atoms with Gasteiger partial charge in [0.15, 0.2) is 0 Å². The van der Waals surface area contributed by atoms with Crippen LogP contribution in [0.15, 0.2) is 24.3 Å². The van der Waals surface area contributed by atoms with E-state index in [1.807, 2.05) is 19.1 Å². The minimum absolute atomic E-state index is 0. The van der Waals surface area contributed by atoms with Gasteiger partial charge in [-0.2, -0.15) is 0 Å². The summed E-state index contributed by atoms with van der Waals surface area (Å²) < 4.78 is 5.14. The molecule has 1 unspecified atom stereocenters. The number of amides is 2. The largest absolute Gasteiger partial charge is 0.497 e. The number of nitrogens with zero attached hydrogens (tertiary/aromatic N) is 1. The van der Waals surface area contributed by atoms with Crippen molar-refractivity contribution in [1.82, 2.24) is 10.2 Å². The Hall–Kier alpha value is -1.79. The van der Waals surface area contributed by atoms with E-state index in [1.54, 1.807) is 24.1 Å². The standard InChI is InChI=1S/C18H27N3O3.ClH/c1-3-21(18(23)8-7-14-9-10-19-12-14)13-17(22)20-15-5-4-6-16(11-15)24-2;/h4-6,11,14,19H,3,7-10,12-13H2,1-2H3,(H,20,22);1H. The van der Waals surface area contributed by atoms with Crippen LogP contribution in [0.1, 0.15) is 26.2 Å². The number of anilines is 1. The Morgan fingerprint density at radius 1 is 1.40 bits per heavy atom. The number of methoxy groups -OCH3 is 1. The zero-order valence-corrected chi connectivity index (χ0v) is 15.7. The fraction of sp³-hybridized carbons (Fsp3) is 0.556. The number of carbonyl (C=O) groups is 2. The fourth-order valence-electron chi connectivity index (χ4n) is 2.90. The van der Waals surface area contributed by atoms with Crippen LogP contribution in [0.2, 0.25) is 0 Å². The van der Waals surface area contributed by atoms with Gasteiger partial charge in [0.05, 0.1) is 13.7 Å². The van der Waals surface area contributed by atoms with Gasteiger partial charge in [-0.05, 0) is 50.9 Å². The first-order chi connectivity index (χ1) is 11.6. The van der Waals surface area contributed by atoms with Gasteiger partial charge in [-0.3, -0.25) is 9.59 Å². The summed E-state index contributed by atoms with van der Waals surface area (Å²) in [4.78, 5) is 26.1. The van der Waals surface area contributed by atoms with Gasteiger partial charge in [0.25, 0.3) is 0 Å². The van der Waals surface area contributed by atoms with E-state index in [0.29, 0.717) is 30.3 Å². The van der Waals surface area contributed by atoms with Crippen molar-refractivity contribution in [3.63, 3.8) is 0 Å². The molecule has 25 heavy (non-hydrogen) atoms. The number of likely N-dealkylation sites (N-methyl/N-ethyl adjacent to an activating group) is 1. The fourth-order valence-corrected chi connectivity index (χ4v) is 2.90. The average molecular weight is 370 g/mol. The normalized spacial score (nSPS) is 16.0. The number of benzene rings is 1. The predicted octanol–water partition coefficient (Wildman–Crippen LogP) is 2.29. The summed E-state index contributed by atoms with van der Waals surface area (Å²) in [6.07, 6.45) is 2.53. The van der Waals surface area contributed by atoms with E-state index in [-0.39, 0.29) is 30.8 Å². The van der Waals surface area contributed by atoms with Crippen LogP contribution in [0.3, 0.4) is 0 Å². The number of nitrogens with one attached hydrogen (secondary N) is 2. The first-order valence-corrected chi connectivity index (χ1v) is 8.54. The van der Waals surface area contributed by atoms with Crippen LogP contribution < -0.4 is 15.4 Å². The van der Waals surface area contributed by atoms with Gasteiger partial charge in [0, 0.05) is 24.7 Å². The van der Waals surface area contributed by atoms with Gasteiger partial charge < -0.3 is 20.3 Å². The SMILES string of the molecule is CCN(CC(=O)Nc1cccc(OC)c1)C(=O)CCC1CCNC1.Cl. The van der Waals surface area contributed by atoms with Crippen molar-refractivity contribution in [2.24, 2.45) is 5.92 Å². The first kappa shape index (κ1) is 21.3. The molecule has 2 amide bonds. The van der Waals surface area contributed by atoms with Crippen molar-refractivity contribution in [1.29, 1.82) is 0 Å². The average Bonchev–Trinajstić information content (AvgIpc) is 3.11. The van der Waals surface area contributed by atoms with Crippen LogP contribution in [0.5, 0.6) is 5.75 Å². The third kappa shape index (κ3) is 6.92. The second kappa shape index (κ2) is 10.9. The molecule has 6 nitrogen and oxygen atoms in total. The monoisotopic (exact) mass is 369 g/mol. The van der Waals surface area contributed by atoms with Crippen LogP contribution in [0.25, 0.3) is 0 Å². The molecule has 1 aliphatic rings. The molecule has 0 bridgehead atoms. The van der Waals surface area contributed by atoms with E-state index < -0.39 is 0 Å². The third-order valence-electron chi connectivity index (χ3n) is 4.35. The van der Waals surface area contributed by atoms with Gasteiger partial charge >= 0.3 is 0 Å². The lowest BCUT2D eigenvalue weighted by atomic mass is 10.0. The Balaban J connectivity index is 0.00000312. The number of ether oxygens (including phenoxy) is 1. The highest BCUT2D eigenvalue weighted by atomic mass is 35.5. The molecule has 2 N–H and O–H groups in total. The van der Waals surface area contributed by atoms with E-state index >= 15 is 0 Å². The summed E-state index contributed by atoms with van der Waals surface area (Å²) in [5.41, 5.74) is 0.667. The van der Waals surface area contributed by atoms with Crippen molar-refractivity contribution >= 4 is 29.9 Å². The smallest absolute Gasteiger partial charge is 0.243 e. The summed E-state index contributed by atoms with van der Waals surface area (Å²) in [5.74, 6) is 1.12. The molecule has 0 aromatic heterocycles. The number of carbonyl (C=O) groups excluding carboxylic acids is 2. The second-order valence-electron chi connectivity index (χ2n) is 6.09. The zero-order valence-electron chi connectivity index (χ0n) is 14.9. The quantitative estimate of drug-likeness (QED) is 0.737. The molecule has 1 fully saturated rings. The Labute approximate surface area is 155 Å². The van der Waals surface area contributed by atoms with E-state index in [2.05, 4.69) is 10.6 Å². The van der Waals surface area contributed by atoms with Gasteiger partial charge in [0.2, 0.25) is 11.8 Å². The van der Waals surface area contributed by atoms with Crippen molar-refractivity contribution in [3.8, 4) is 5.75 Å². The Kier molecular flexibility index (Phi) is 9.31. The van der Waals surface area contributed by atoms with Crippen molar-refractivity contribution in [2.75, 3.05) is 38.6 Å². The topological polar surface area (TPSA) is 70.7 Å². The number of hydrogen-bond acceptors (Lipinski definition) is 4. The summed E-state index contributed by atoms with van der Waals surface area (Å²) in [6, 6.07) is 7.18. The molecule has 2 rings (SSSR count). The van der Waals surface area contributed by atoms with E-state index in [9.17, 15) is 9.59 Å². The van der Waals surface area contributed by atoms with E-state index in [1.165, 1.54) is 0 Å². The molecule has 1 aliphatic heterocycles. The van der Waals surface area contributed by atoms with Crippen LogP contribution in [0.4, 0.5) is 5.69 Å². The molecular formula is C18H28ClN3O3. The second-order valence-corrected chi connectivity index (χ2v) is 6.09. The van der Waals surface area contributed by atoms with Crippen molar-refractivity contribution in [3.05, 3.63) is 24.3 Å². The molecular weight excluding hydrogens is 342 g/mol. The maximum absolute atomic E-state index is 12.3. The molecule has 1 aromatic rings. The Bertz CT molecular complexity index is 562. The first-order valence-electron chi connectivity index (χ1n) is 8.54. The summed E-state index contributed by atoms with van der Waals surface area (Å²) >= 11 is 0. The highest BCUT2D eigenvalue weighted by molar-refractivity contribution is 5.94. The van der Waals surface area contributed by atoms with Crippen molar-refractivity contribution in [2.45, 2.75) is 26.2 Å². The Morgan fingerprint density at radius 2 is 2.20 bits per heavy atom. The molecule has 1 saturated heterocycles. The molecule has 0 saturated carbocycles. The zero-order chi connectivity index (χ0) is 17.4. The molecule has 1 heterocycles. The lowest BCUT2D eigenvalue weighted by molar-refractivity contribution is -0.134. The molecule has 0 radical (unpaired) electrons. The van der Waals surface area contributed by atoms with Gasteiger partial charge in [-0.25, -0.2) is 0 Å². The van der Waals surface area contributed by atoms with Crippen molar-refractivity contribution < 1.29 is 14.3 Å². The minimum atomic E-state index is -0.194. The van der Waals surface area contributed by atoms with Gasteiger partial charge in [-0.1, -0.05) is 6.07 Å². The molecule has 1 atom stereocenters. The Morgan fingerprint density at radius 3 is 2.84 bits per heavy atom. The maximum Gasteiger partial charge on any atom is 0.243 e. The molecule has 140 valence electrons. The minimum Gasteiger partial charge on any atom is -0.497 e. The molecule has 0 spiro atoms. The third-order valence-corrected chi connectivity index (χ3v) is 4.35. The molecule has 0 aliphatic carbocycles. The van der Waals surface area contributed by atoms with Crippen LogP contribution >= 0.6 is 12.4 Å².